The Balaban J connectivity index is 0.000000232. The van der Waals surface area contributed by atoms with Gasteiger partial charge < -0.3 is 10.6 Å². The molecule has 6 rings (SSSR count). The normalized spacial score (nSPS) is 12.9. The fourth-order valence-corrected chi connectivity index (χ4v) is 7.36. The van der Waals surface area contributed by atoms with E-state index in [0.29, 0.717) is 0 Å². The number of carbonyl (C=O) groups excluding carboxylic acids is 6. The number of hydrogen-bond acceptors (Lipinski definition) is 10. The largest absolute Gasteiger partial charge is 0.323 e. The zero-order chi connectivity index (χ0) is 38.4. The number of carbonyl (C=O) groups is 6. The molecule has 4 N–H and O–H groups in total. The Kier molecular flexibility index (Phi) is 13.0. The average Bonchev–Trinajstić information content (AvgIpc) is 3.03. The molecule has 4 aromatic rings. The summed E-state index contributed by atoms with van der Waals surface area (Å²) >= 11 is 24.3. The molecule has 0 saturated heterocycles. The third kappa shape index (κ3) is 9.00. The SMILES string of the molecule is O=C(CS(=O)(=O)O)Nc1c(Cl)cc(Cl)c2c1C(=O)c1ccccc1C2=O.O=C(CS(=O)(=O)O)Nc1c(Cl)cc(Cl)c2c1C(=O)c1ccccc1C2=O.[Ca]. The van der Waals surface area contributed by atoms with Crippen LogP contribution in [0.15, 0.2) is 60.7 Å². The van der Waals surface area contributed by atoms with Crippen molar-refractivity contribution in [3.05, 3.63) is 125 Å². The van der Waals surface area contributed by atoms with E-state index in [1.807, 2.05) is 0 Å². The summed E-state index contributed by atoms with van der Waals surface area (Å²) in [5.41, 5.74) is -0.690. The summed E-state index contributed by atoms with van der Waals surface area (Å²) in [7, 11) is -9.18. The molecule has 2 aliphatic carbocycles. The summed E-state index contributed by atoms with van der Waals surface area (Å²) in [5.74, 6) is -6.97. The predicted octanol–water partition coefficient (Wildman–Crippen LogP) is 4.81. The maximum Gasteiger partial charge on any atom is 0.274 e. The second kappa shape index (κ2) is 16.2. The second-order valence-electron chi connectivity index (χ2n) is 10.9. The molecule has 14 nitrogen and oxygen atoms in total. The van der Waals surface area contributed by atoms with Crippen LogP contribution in [0, 0.1) is 0 Å². The molecule has 0 fully saturated rings. The van der Waals surface area contributed by atoms with Crippen molar-refractivity contribution >= 4 is 151 Å². The number of amides is 2. The van der Waals surface area contributed by atoms with Gasteiger partial charge in [0.2, 0.25) is 11.8 Å². The topological polar surface area (TPSA) is 235 Å². The van der Waals surface area contributed by atoms with Crippen molar-refractivity contribution in [3.8, 4) is 0 Å². The Labute approximate surface area is 349 Å². The maximum atomic E-state index is 12.9. The molecule has 2 radical (unpaired) electrons. The van der Waals surface area contributed by atoms with Crippen molar-refractivity contribution in [1.82, 2.24) is 0 Å². The maximum absolute atomic E-state index is 12.9. The van der Waals surface area contributed by atoms with Crippen LogP contribution in [-0.2, 0) is 29.8 Å². The molecule has 270 valence electrons. The minimum atomic E-state index is -4.59. The monoisotopic (exact) mass is 866 g/mol. The van der Waals surface area contributed by atoms with Crippen LogP contribution in [-0.4, -0.2) is 110 Å². The number of benzene rings is 4. The Bertz CT molecular complexity index is 2370. The van der Waals surface area contributed by atoms with Gasteiger partial charge in [-0.15, -0.1) is 0 Å². The van der Waals surface area contributed by atoms with Gasteiger partial charge in [0.05, 0.1) is 53.7 Å². The Hall–Kier alpha value is -3.26. The molecule has 0 heterocycles. The molecule has 2 amide bonds. The van der Waals surface area contributed by atoms with Crippen LogP contribution in [0.1, 0.15) is 63.7 Å². The van der Waals surface area contributed by atoms with E-state index >= 15 is 0 Å². The van der Waals surface area contributed by atoms with E-state index < -0.39 is 66.7 Å². The van der Waals surface area contributed by atoms with Crippen LogP contribution in [0.25, 0.3) is 0 Å². The van der Waals surface area contributed by atoms with Gasteiger partial charge in [-0.25, -0.2) is 0 Å². The summed E-state index contributed by atoms with van der Waals surface area (Å²) in [4.78, 5) is 74.9. The second-order valence-corrected chi connectivity index (χ2v) is 15.4. The molecule has 4 aromatic carbocycles. The molecule has 0 spiro atoms. The van der Waals surface area contributed by atoms with Gasteiger partial charge in [-0.2, -0.15) is 16.8 Å². The van der Waals surface area contributed by atoms with Gasteiger partial charge in [0, 0.05) is 60.0 Å². The van der Waals surface area contributed by atoms with Crippen molar-refractivity contribution in [2.75, 3.05) is 22.1 Å². The first-order valence-electron chi connectivity index (χ1n) is 14.1. The summed E-state index contributed by atoms with van der Waals surface area (Å²) < 4.78 is 61.0. The number of nitrogens with one attached hydrogen (secondary N) is 2. The van der Waals surface area contributed by atoms with Gasteiger partial charge in [0.15, 0.2) is 34.6 Å². The quantitative estimate of drug-likeness (QED) is 0.130. The summed E-state index contributed by atoms with van der Waals surface area (Å²) in [6, 6.07) is 14.5. The third-order valence-electron chi connectivity index (χ3n) is 7.36. The van der Waals surface area contributed by atoms with Crippen LogP contribution >= 0.6 is 46.4 Å². The number of halogens is 4. The van der Waals surface area contributed by atoms with E-state index in [9.17, 15) is 45.6 Å². The summed E-state index contributed by atoms with van der Waals surface area (Å²) in [5, 5.41) is 3.86. The zero-order valence-electron chi connectivity index (χ0n) is 26.2. The number of ketones is 4. The molecule has 2 aliphatic rings. The molecule has 0 bridgehead atoms. The standard InChI is InChI=1S/2C16H9Cl2NO6S.Ca/c2*17-9-5-10(18)14(19-11(20)6-26(23,24)25)13-12(9)15(21)7-3-1-2-4-8(7)16(13)22;/h2*1-5H,6H2,(H,19,20)(H,23,24,25);. The first kappa shape index (κ1) is 42.5. The summed E-state index contributed by atoms with van der Waals surface area (Å²) in [6.07, 6.45) is 0. The van der Waals surface area contributed by atoms with E-state index in [0.717, 1.165) is 0 Å². The van der Waals surface area contributed by atoms with Gasteiger partial charge in [-0.05, 0) is 12.1 Å². The van der Waals surface area contributed by atoms with Gasteiger partial charge >= 0.3 is 0 Å². The molecular formula is C32H18CaCl4N2O12S2. The van der Waals surface area contributed by atoms with Crippen molar-refractivity contribution in [3.63, 3.8) is 0 Å². The van der Waals surface area contributed by atoms with Crippen LogP contribution < -0.4 is 10.6 Å². The average molecular weight is 869 g/mol. The number of anilines is 2. The minimum Gasteiger partial charge on any atom is -0.323 e. The molecule has 53 heavy (non-hydrogen) atoms. The van der Waals surface area contributed by atoms with E-state index in [1.54, 1.807) is 24.3 Å². The smallest absolute Gasteiger partial charge is 0.274 e. The van der Waals surface area contributed by atoms with E-state index in [-0.39, 0.29) is 114 Å². The van der Waals surface area contributed by atoms with Crippen LogP contribution in [0.3, 0.4) is 0 Å². The van der Waals surface area contributed by atoms with Gasteiger partial charge in [-0.3, -0.25) is 37.9 Å². The Morgan fingerprint density at radius 1 is 0.509 bits per heavy atom. The molecule has 0 aliphatic heterocycles. The molecule has 0 unspecified atom stereocenters. The van der Waals surface area contributed by atoms with Crippen LogP contribution in [0.4, 0.5) is 11.4 Å². The number of fused-ring (bicyclic) bond motifs is 4. The van der Waals surface area contributed by atoms with Crippen molar-refractivity contribution in [2.45, 2.75) is 0 Å². The van der Waals surface area contributed by atoms with E-state index in [2.05, 4.69) is 10.6 Å². The van der Waals surface area contributed by atoms with Gasteiger partial charge in [0.1, 0.15) is 0 Å². The zero-order valence-corrected chi connectivity index (χ0v) is 33.1. The third-order valence-corrected chi connectivity index (χ3v) is 9.81. The van der Waals surface area contributed by atoms with Crippen LogP contribution in [0.2, 0.25) is 20.1 Å². The molecule has 0 aromatic heterocycles. The van der Waals surface area contributed by atoms with Gasteiger partial charge in [-0.1, -0.05) is 94.9 Å². The van der Waals surface area contributed by atoms with Crippen molar-refractivity contribution in [1.29, 1.82) is 0 Å². The predicted molar refractivity (Wildman–Crippen MR) is 195 cm³/mol. The molecule has 21 heteroatoms. The fraction of sp³-hybridized carbons (Fsp3) is 0.0625. The van der Waals surface area contributed by atoms with E-state index in [4.69, 9.17) is 55.5 Å². The first-order chi connectivity index (χ1) is 24.2. The number of hydrogen-bond donors (Lipinski definition) is 4. The van der Waals surface area contributed by atoms with Crippen molar-refractivity contribution < 1.29 is 54.7 Å². The summed E-state index contributed by atoms with van der Waals surface area (Å²) in [6.45, 7) is 0. The van der Waals surface area contributed by atoms with Crippen LogP contribution in [0.5, 0.6) is 0 Å². The fourth-order valence-electron chi connectivity index (χ4n) is 5.36. The Morgan fingerprint density at radius 3 is 1.04 bits per heavy atom. The van der Waals surface area contributed by atoms with Crippen molar-refractivity contribution in [2.24, 2.45) is 0 Å². The number of rotatable bonds is 6. The Morgan fingerprint density at radius 2 is 0.774 bits per heavy atom. The molecule has 0 atom stereocenters. The first-order valence-corrected chi connectivity index (χ1v) is 18.8. The van der Waals surface area contributed by atoms with E-state index in [1.165, 1.54) is 36.4 Å². The van der Waals surface area contributed by atoms with Gasteiger partial charge in [0.25, 0.3) is 20.2 Å². The minimum absolute atomic E-state index is 0. The molecular weight excluding hydrogens is 850 g/mol. The molecule has 0 saturated carbocycles.